The smallest absolute Gasteiger partial charge is 0.157 e. The minimum atomic E-state index is -1.82. The lowest BCUT2D eigenvalue weighted by Crippen LogP contribution is -2.33. The van der Waals surface area contributed by atoms with E-state index in [0.29, 0.717) is 0 Å². The maximum absolute atomic E-state index is 13.5. The van der Waals surface area contributed by atoms with Crippen molar-refractivity contribution in [3.05, 3.63) is 12.2 Å². The fourth-order valence-corrected chi connectivity index (χ4v) is 1.40. The first kappa shape index (κ1) is 14.6. The molecule has 1 nitrogen and oxygen atoms in total. The van der Waals surface area contributed by atoms with Gasteiger partial charge in [-0.25, -0.2) is 8.78 Å². The van der Waals surface area contributed by atoms with E-state index in [1.807, 2.05) is 6.92 Å². The van der Waals surface area contributed by atoms with Crippen molar-refractivity contribution in [1.29, 1.82) is 0 Å². The molecule has 0 heterocycles. The second-order valence-corrected chi connectivity index (χ2v) is 4.18. The molecule has 1 N–H and O–H groups in total. The van der Waals surface area contributed by atoms with Gasteiger partial charge in [-0.2, -0.15) is 0 Å². The Balaban J connectivity index is 4.18. The third kappa shape index (κ3) is 4.74. The molecule has 0 aliphatic heterocycles. The second kappa shape index (κ2) is 6.94. The third-order valence-corrected chi connectivity index (χ3v) is 2.74. The molecule has 0 fully saturated rings. The molecule has 0 bridgehead atoms. The van der Waals surface area contributed by atoms with Crippen LogP contribution in [0, 0.1) is 5.92 Å². The van der Waals surface area contributed by atoms with Crippen molar-refractivity contribution >= 4 is 0 Å². The van der Waals surface area contributed by atoms with Crippen molar-refractivity contribution in [2.75, 3.05) is 0 Å². The number of alkyl halides is 2. The van der Waals surface area contributed by atoms with E-state index >= 15 is 0 Å². The fraction of sp³-hybridized carbons (Fsp3) is 0.833. The molecule has 0 aliphatic rings. The average Bonchev–Trinajstić information content (AvgIpc) is 2.22. The first-order valence-corrected chi connectivity index (χ1v) is 5.55. The van der Waals surface area contributed by atoms with E-state index in [2.05, 4.69) is 6.58 Å². The predicted molar refractivity (Wildman–Crippen MR) is 59.3 cm³/mol. The Kier molecular flexibility index (Phi) is 6.73. The van der Waals surface area contributed by atoms with Crippen LogP contribution in [0.15, 0.2) is 12.2 Å². The second-order valence-electron chi connectivity index (χ2n) is 4.18. The van der Waals surface area contributed by atoms with Gasteiger partial charge in [0.1, 0.15) is 6.17 Å². The summed E-state index contributed by atoms with van der Waals surface area (Å²) in [4.78, 5) is 0. The quantitative estimate of drug-likeness (QED) is 0.652. The topological polar surface area (TPSA) is 20.2 Å². The molecular formula is C12H22F2O. The Morgan fingerprint density at radius 3 is 2.20 bits per heavy atom. The molecule has 3 heteroatoms. The molecule has 0 radical (unpaired) electrons. The standard InChI is InChI=1S/C12H22F2O/c1-5-6-7-8(2)9(3)11(13)12(14)10(4)15/h9-12,15H,2,5-7H2,1,3-4H3. The summed E-state index contributed by atoms with van der Waals surface area (Å²) in [5.74, 6) is -0.527. The lowest BCUT2D eigenvalue weighted by Gasteiger charge is -2.23. The summed E-state index contributed by atoms with van der Waals surface area (Å²) >= 11 is 0. The van der Waals surface area contributed by atoms with Gasteiger partial charge in [0.15, 0.2) is 6.17 Å². The molecule has 0 rings (SSSR count). The Hall–Kier alpha value is -0.440. The number of aliphatic hydroxyl groups is 1. The number of allylic oxidation sites excluding steroid dienone is 1. The molecule has 0 aromatic heterocycles. The van der Waals surface area contributed by atoms with E-state index in [4.69, 9.17) is 5.11 Å². The average molecular weight is 220 g/mol. The molecule has 90 valence electrons. The molecule has 0 aromatic carbocycles. The Bertz CT molecular complexity index is 192. The van der Waals surface area contributed by atoms with Crippen LogP contribution in [0.2, 0.25) is 0 Å². The van der Waals surface area contributed by atoms with Gasteiger partial charge in [0.05, 0.1) is 6.10 Å². The van der Waals surface area contributed by atoms with Crippen molar-refractivity contribution in [1.82, 2.24) is 0 Å². The molecule has 0 aliphatic carbocycles. The molecule has 0 saturated heterocycles. The number of hydrogen-bond donors (Lipinski definition) is 1. The monoisotopic (exact) mass is 220 g/mol. The summed E-state index contributed by atoms with van der Waals surface area (Å²) in [5, 5.41) is 8.95. The Morgan fingerprint density at radius 1 is 1.27 bits per heavy atom. The maximum atomic E-state index is 13.5. The van der Waals surface area contributed by atoms with Crippen LogP contribution in [0.25, 0.3) is 0 Å². The van der Waals surface area contributed by atoms with Gasteiger partial charge in [0.25, 0.3) is 0 Å². The summed E-state index contributed by atoms with van der Waals surface area (Å²) in [6.07, 6.45) is -2.06. The van der Waals surface area contributed by atoms with Crippen LogP contribution in [0.4, 0.5) is 8.78 Å². The highest BCUT2D eigenvalue weighted by molar-refractivity contribution is 5.03. The van der Waals surface area contributed by atoms with Gasteiger partial charge in [0.2, 0.25) is 0 Å². The van der Waals surface area contributed by atoms with Crippen LogP contribution in [-0.2, 0) is 0 Å². The first-order valence-electron chi connectivity index (χ1n) is 5.55. The van der Waals surface area contributed by atoms with Crippen LogP contribution in [0.3, 0.4) is 0 Å². The molecule has 0 saturated carbocycles. The Labute approximate surface area is 91.2 Å². The van der Waals surface area contributed by atoms with E-state index in [1.165, 1.54) is 6.92 Å². The summed E-state index contributed by atoms with van der Waals surface area (Å²) in [6, 6.07) is 0. The highest BCUT2D eigenvalue weighted by atomic mass is 19.2. The van der Waals surface area contributed by atoms with Crippen molar-refractivity contribution < 1.29 is 13.9 Å². The van der Waals surface area contributed by atoms with Crippen LogP contribution in [-0.4, -0.2) is 23.6 Å². The van der Waals surface area contributed by atoms with E-state index in [0.717, 1.165) is 24.8 Å². The lowest BCUT2D eigenvalue weighted by molar-refractivity contribution is 0.0229. The van der Waals surface area contributed by atoms with E-state index < -0.39 is 24.4 Å². The van der Waals surface area contributed by atoms with E-state index in [-0.39, 0.29) is 0 Å². The van der Waals surface area contributed by atoms with Crippen LogP contribution in [0.1, 0.15) is 40.0 Å². The molecule has 4 atom stereocenters. The minimum absolute atomic E-state index is 0.527. The SMILES string of the molecule is C=C(CCCC)C(C)C(F)C(F)C(C)O. The van der Waals surface area contributed by atoms with E-state index in [1.54, 1.807) is 6.92 Å². The zero-order chi connectivity index (χ0) is 12.0. The highest BCUT2D eigenvalue weighted by Gasteiger charge is 2.31. The predicted octanol–water partition coefficient (Wildman–Crippen LogP) is 3.43. The molecule has 15 heavy (non-hydrogen) atoms. The number of rotatable bonds is 7. The molecule has 4 unspecified atom stereocenters. The largest absolute Gasteiger partial charge is 0.390 e. The van der Waals surface area contributed by atoms with Crippen molar-refractivity contribution in [3.63, 3.8) is 0 Å². The molecule has 0 amide bonds. The van der Waals surface area contributed by atoms with E-state index in [9.17, 15) is 8.78 Å². The number of aliphatic hydroxyl groups excluding tert-OH is 1. The van der Waals surface area contributed by atoms with Gasteiger partial charge in [-0.15, -0.1) is 0 Å². The third-order valence-electron chi connectivity index (χ3n) is 2.74. The van der Waals surface area contributed by atoms with Gasteiger partial charge < -0.3 is 5.11 Å². The number of unbranched alkanes of at least 4 members (excludes halogenated alkanes) is 1. The summed E-state index contributed by atoms with van der Waals surface area (Å²) in [6.45, 7) is 8.69. The van der Waals surface area contributed by atoms with Gasteiger partial charge >= 0.3 is 0 Å². The summed E-state index contributed by atoms with van der Waals surface area (Å²) < 4.78 is 26.7. The zero-order valence-electron chi connectivity index (χ0n) is 9.84. The van der Waals surface area contributed by atoms with Gasteiger partial charge in [0, 0.05) is 5.92 Å². The van der Waals surface area contributed by atoms with Crippen LogP contribution >= 0.6 is 0 Å². The number of hydrogen-bond acceptors (Lipinski definition) is 1. The van der Waals surface area contributed by atoms with Crippen LogP contribution < -0.4 is 0 Å². The fourth-order valence-electron chi connectivity index (χ4n) is 1.40. The van der Waals surface area contributed by atoms with Gasteiger partial charge in [-0.1, -0.05) is 32.4 Å². The van der Waals surface area contributed by atoms with Crippen molar-refractivity contribution in [2.24, 2.45) is 5.92 Å². The van der Waals surface area contributed by atoms with Crippen molar-refractivity contribution in [3.8, 4) is 0 Å². The minimum Gasteiger partial charge on any atom is -0.390 e. The number of halogens is 2. The van der Waals surface area contributed by atoms with Gasteiger partial charge in [-0.05, 0) is 19.8 Å². The summed E-state index contributed by atoms with van der Waals surface area (Å²) in [7, 11) is 0. The normalized spacial score (nSPS) is 19.3. The van der Waals surface area contributed by atoms with Crippen molar-refractivity contribution in [2.45, 2.75) is 58.5 Å². The highest BCUT2D eigenvalue weighted by Crippen LogP contribution is 2.25. The lowest BCUT2D eigenvalue weighted by atomic mass is 9.90. The first-order chi connectivity index (χ1) is 6.91. The van der Waals surface area contributed by atoms with Crippen LogP contribution in [0.5, 0.6) is 0 Å². The Morgan fingerprint density at radius 2 is 1.80 bits per heavy atom. The van der Waals surface area contributed by atoms with Gasteiger partial charge in [-0.3, -0.25) is 0 Å². The maximum Gasteiger partial charge on any atom is 0.157 e. The summed E-state index contributed by atoms with van der Waals surface area (Å²) in [5.41, 5.74) is 0.729. The molecule has 0 aromatic rings. The molecule has 0 spiro atoms. The molecular weight excluding hydrogens is 198 g/mol. The zero-order valence-corrected chi connectivity index (χ0v) is 9.84.